The summed E-state index contributed by atoms with van der Waals surface area (Å²) >= 11 is 9.98. The Hall–Kier alpha value is 0.530. The molecule has 2 heterocycles. The molecule has 4 rings (SSSR count). The van der Waals surface area contributed by atoms with Crippen LogP contribution in [0, 0.1) is 5.92 Å². The number of benzene rings is 1. The van der Waals surface area contributed by atoms with E-state index in [1.807, 2.05) is 6.92 Å². The molecule has 2 aliphatic heterocycles. The highest BCUT2D eigenvalue weighted by atomic mass is 79.9. The van der Waals surface area contributed by atoms with Gasteiger partial charge in [0.1, 0.15) is 4.90 Å². The summed E-state index contributed by atoms with van der Waals surface area (Å²) in [5, 5.41) is 0. The van der Waals surface area contributed by atoms with E-state index in [0.717, 1.165) is 23.9 Å². The van der Waals surface area contributed by atoms with Crippen LogP contribution >= 0.6 is 47.8 Å². The Morgan fingerprint density at radius 1 is 1.29 bits per heavy atom. The second-order valence-corrected chi connectivity index (χ2v) is 9.97. The number of rotatable bonds is 4. The molecular weight excluding hydrogens is 490 g/mol. The molecule has 1 aromatic carbocycles. The number of fused-ring (bicyclic) bond motifs is 1. The van der Waals surface area contributed by atoms with Gasteiger partial charge in [-0.15, -0.1) is 0 Å². The van der Waals surface area contributed by atoms with E-state index < -0.39 is 10.0 Å². The number of halogens is 3. The molecule has 1 aliphatic carbocycles. The fraction of sp³-hybridized carbons (Fsp3) is 0.538. The van der Waals surface area contributed by atoms with Gasteiger partial charge in [0.2, 0.25) is 10.0 Å². The Balaban J connectivity index is 1.88. The maximum Gasteiger partial charge on any atom is 0.243 e. The molecule has 21 heavy (non-hydrogen) atoms. The van der Waals surface area contributed by atoms with E-state index in [9.17, 15) is 8.42 Å². The Morgan fingerprint density at radius 2 is 1.86 bits per heavy atom. The largest absolute Gasteiger partial charge is 0.373 e. The van der Waals surface area contributed by atoms with Gasteiger partial charge in [-0.1, -0.05) is 15.9 Å². The summed E-state index contributed by atoms with van der Waals surface area (Å²) in [6, 6.07) is 3.19. The molecule has 1 aromatic rings. The highest BCUT2D eigenvalue weighted by molar-refractivity contribution is 9.11. The Kier molecular flexibility index (Phi) is 4.34. The summed E-state index contributed by atoms with van der Waals surface area (Å²) in [6.07, 6.45) is 1.89. The molecular formula is C13H14Br3NO3S. The Labute approximate surface area is 149 Å². The van der Waals surface area contributed by atoms with Crippen molar-refractivity contribution in [3.63, 3.8) is 0 Å². The van der Waals surface area contributed by atoms with Crippen LogP contribution in [0.25, 0.3) is 0 Å². The van der Waals surface area contributed by atoms with Crippen molar-refractivity contribution < 1.29 is 13.2 Å². The zero-order valence-corrected chi connectivity index (χ0v) is 16.8. The van der Waals surface area contributed by atoms with E-state index in [4.69, 9.17) is 4.74 Å². The Morgan fingerprint density at radius 3 is 2.33 bits per heavy atom. The van der Waals surface area contributed by atoms with E-state index in [1.54, 1.807) is 12.1 Å². The SMILES string of the molecule is CC(NS(=O)(=O)c1c(Br)cc(Br)cc1Br)C12CC(CO1)C2. The third-order valence-electron chi connectivity index (χ3n) is 4.23. The Bertz CT molecular complexity index is 657. The second kappa shape index (κ2) is 5.56. The molecule has 0 radical (unpaired) electrons. The molecule has 0 spiro atoms. The topological polar surface area (TPSA) is 55.4 Å². The van der Waals surface area contributed by atoms with Crippen LogP contribution in [0.3, 0.4) is 0 Å². The van der Waals surface area contributed by atoms with Crippen molar-refractivity contribution in [2.24, 2.45) is 5.92 Å². The molecule has 2 saturated heterocycles. The predicted octanol–water partition coefficient (Wildman–Crippen LogP) is 3.82. The molecule has 3 fully saturated rings. The fourth-order valence-electron chi connectivity index (χ4n) is 3.10. The summed E-state index contributed by atoms with van der Waals surface area (Å²) in [5.41, 5.74) is -0.313. The van der Waals surface area contributed by atoms with Gasteiger partial charge in [0.25, 0.3) is 0 Å². The van der Waals surface area contributed by atoms with E-state index in [2.05, 4.69) is 52.5 Å². The van der Waals surface area contributed by atoms with E-state index in [0.29, 0.717) is 14.9 Å². The molecule has 4 nitrogen and oxygen atoms in total. The third kappa shape index (κ3) is 2.87. The lowest BCUT2D eigenvalue weighted by atomic mass is 9.71. The maximum absolute atomic E-state index is 12.7. The molecule has 1 saturated carbocycles. The van der Waals surface area contributed by atoms with Gasteiger partial charge in [0.05, 0.1) is 12.2 Å². The second-order valence-electron chi connectivity index (χ2n) is 5.69. The lowest BCUT2D eigenvalue weighted by molar-refractivity contribution is -0.0210. The van der Waals surface area contributed by atoms with Crippen molar-refractivity contribution in [1.82, 2.24) is 4.72 Å². The summed E-state index contributed by atoms with van der Waals surface area (Å²) < 4.78 is 35.7. The first kappa shape index (κ1) is 16.4. The molecule has 8 heteroatoms. The quantitative estimate of drug-likeness (QED) is 0.679. The van der Waals surface area contributed by atoms with Gasteiger partial charge < -0.3 is 4.74 Å². The molecule has 1 N–H and O–H groups in total. The van der Waals surface area contributed by atoms with Crippen molar-refractivity contribution in [3.05, 3.63) is 25.6 Å². The van der Waals surface area contributed by atoms with Gasteiger partial charge in [-0.3, -0.25) is 0 Å². The zero-order valence-electron chi connectivity index (χ0n) is 11.2. The standard InChI is InChI=1S/C13H14Br3NO3S/c1-7(13-4-8(5-13)6-20-13)17-21(18,19)12-10(15)2-9(14)3-11(12)16/h2-3,7-8,17H,4-6H2,1H3. The normalized spacial score (nSPS) is 29.2. The van der Waals surface area contributed by atoms with Crippen LogP contribution in [-0.4, -0.2) is 26.7 Å². The molecule has 0 aromatic heterocycles. The average molecular weight is 504 g/mol. The minimum absolute atomic E-state index is 0.211. The van der Waals surface area contributed by atoms with Gasteiger partial charge in [0.15, 0.2) is 0 Å². The highest BCUT2D eigenvalue weighted by Gasteiger charge is 2.55. The van der Waals surface area contributed by atoms with Crippen molar-refractivity contribution in [1.29, 1.82) is 0 Å². The van der Waals surface area contributed by atoms with Gasteiger partial charge >= 0.3 is 0 Å². The van der Waals surface area contributed by atoms with Crippen molar-refractivity contribution in [2.45, 2.75) is 36.3 Å². The third-order valence-corrected chi connectivity index (χ3v) is 8.10. The molecule has 116 valence electrons. The van der Waals surface area contributed by atoms with Gasteiger partial charge in [-0.25, -0.2) is 13.1 Å². The molecule has 1 atom stereocenters. The number of ether oxygens (including phenoxy) is 1. The molecule has 1 unspecified atom stereocenters. The van der Waals surface area contributed by atoms with Crippen LogP contribution in [0.15, 0.2) is 30.4 Å². The first-order valence-electron chi connectivity index (χ1n) is 6.54. The molecule has 3 aliphatic rings. The van der Waals surface area contributed by atoms with E-state index in [-0.39, 0.29) is 16.5 Å². The van der Waals surface area contributed by atoms with Crippen LogP contribution < -0.4 is 4.72 Å². The number of hydrogen-bond donors (Lipinski definition) is 1. The van der Waals surface area contributed by atoms with E-state index >= 15 is 0 Å². The van der Waals surface area contributed by atoms with Crippen LogP contribution in [0.2, 0.25) is 0 Å². The van der Waals surface area contributed by atoms with Crippen LogP contribution in [-0.2, 0) is 14.8 Å². The summed E-state index contributed by atoms with van der Waals surface area (Å²) in [7, 11) is -3.63. The summed E-state index contributed by atoms with van der Waals surface area (Å²) in [6.45, 7) is 2.62. The monoisotopic (exact) mass is 501 g/mol. The van der Waals surface area contributed by atoms with Gasteiger partial charge in [0, 0.05) is 19.5 Å². The van der Waals surface area contributed by atoms with E-state index in [1.165, 1.54) is 0 Å². The number of hydrogen-bond acceptors (Lipinski definition) is 3. The molecule has 2 bridgehead atoms. The van der Waals surface area contributed by atoms with Crippen molar-refractivity contribution >= 4 is 57.8 Å². The average Bonchev–Trinajstić information content (AvgIpc) is 2.84. The lowest BCUT2D eigenvalue weighted by Crippen LogP contribution is -2.54. The summed E-state index contributed by atoms with van der Waals surface area (Å²) in [4.78, 5) is 0.211. The van der Waals surface area contributed by atoms with Crippen molar-refractivity contribution in [3.8, 4) is 0 Å². The zero-order chi connectivity index (χ0) is 15.4. The van der Waals surface area contributed by atoms with Crippen molar-refractivity contribution in [2.75, 3.05) is 6.61 Å². The number of nitrogens with one attached hydrogen (secondary N) is 1. The van der Waals surface area contributed by atoms with Gasteiger partial charge in [-0.2, -0.15) is 0 Å². The minimum atomic E-state index is -3.63. The van der Waals surface area contributed by atoms with Crippen LogP contribution in [0.5, 0.6) is 0 Å². The molecule has 0 amide bonds. The summed E-state index contributed by atoms with van der Waals surface area (Å²) in [5.74, 6) is 0.600. The highest BCUT2D eigenvalue weighted by Crippen LogP contribution is 2.50. The lowest BCUT2D eigenvalue weighted by Gasteiger charge is -2.41. The van der Waals surface area contributed by atoms with Crippen LogP contribution in [0.1, 0.15) is 19.8 Å². The van der Waals surface area contributed by atoms with Gasteiger partial charge in [-0.05, 0) is 69.7 Å². The maximum atomic E-state index is 12.7. The predicted molar refractivity (Wildman–Crippen MR) is 90.7 cm³/mol. The number of sulfonamides is 1. The first-order chi connectivity index (χ1) is 9.73. The fourth-order valence-corrected chi connectivity index (χ4v) is 8.07. The minimum Gasteiger partial charge on any atom is -0.373 e. The smallest absolute Gasteiger partial charge is 0.243 e. The first-order valence-corrected chi connectivity index (χ1v) is 10.4. The van der Waals surface area contributed by atoms with Crippen LogP contribution in [0.4, 0.5) is 0 Å².